The van der Waals surface area contributed by atoms with Crippen LogP contribution < -0.4 is 27.4 Å². The first-order valence-electron chi connectivity index (χ1n) is 30.7. The van der Waals surface area contributed by atoms with Crippen LogP contribution in [0.5, 0.6) is 0 Å². The molecule has 2 aliphatic heterocycles. The van der Waals surface area contributed by atoms with Gasteiger partial charge in [-0.05, 0) is 144 Å². The van der Waals surface area contributed by atoms with Crippen molar-refractivity contribution in [3.63, 3.8) is 0 Å². The van der Waals surface area contributed by atoms with E-state index in [-0.39, 0.29) is 29.8 Å². The molecule has 0 unspecified atom stereocenters. The fourth-order valence-electron chi connectivity index (χ4n) is 11.1. The van der Waals surface area contributed by atoms with Crippen molar-refractivity contribution >= 4 is 69.0 Å². The summed E-state index contributed by atoms with van der Waals surface area (Å²) < 4.78 is 3.85. The Morgan fingerprint density at radius 1 is 0.629 bits per heavy atom. The van der Waals surface area contributed by atoms with Gasteiger partial charge in [0.05, 0.1) is 22.9 Å². The van der Waals surface area contributed by atoms with E-state index in [0.29, 0.717) is 88.1 Å². The Labute approximate surface area is 518 Å². The number of carboxylic acids is 1. The molecule has 2 saturated heterocycles. The number of anilines is 4. The first-order chi connectivity index (χ1) is 43.0. The molecule has 2 aliphatic carbocycles. The number of nitrogen functional groups attached to an aromatic ring is 2. The zero-order valence-electron chi connectivity index (χ0n) is 51.5. The molecule has 2 atom stereocenters. The van der Waals surface area contributed by atoms with Gasteiger partial charge in [0.1, 0.15) is 47.3 Å². The van der Waals surface area contributed by atoms with Gasteiger partial charge >= 0.3 is 5.97 Å². The standard InChI is InChI=1S/C33H39N9O2.C25H28N8O.C8H13NO2/c1-21(2)24-14-15-35-27(18-24)38-33(44)23-10-8-22(9-11-23)30-29-31(34)36-20-37-32(29)42(39-30)26-6-4-17-41(19-26)28(43)7-5-16-40(3)25-12-13-25;1-15(2)18-9-11-28-20(12-18)31-25(34)17-7-5-16(6-8-17)22-21-23(26)29-14-30-24(21)33(32-22)19-4-3-10-27-13-19;1-9(7-4-5-7)6-2-3-8(10)11/h5,7-11,14-15,18,20-21,25-26H,4,6,12-13,16-17,19H2,1-3H3,(H2,34,36,37)(H,35,38,44);5-9,11-12,14-15,19,27H,3-4,10,13H2,1-2H3,(H2,26,29,30)(H,28,31,34);2-3,7H,4-6H2,1H3,(H,10,11)/b7-5+;;3-2+/t26-;19-;/m11./s1. The van der Waals surface area contributed by atoms with Crippen molar-refractivity contribution in [3.8, 4) is 22.5 Å². The number of rotatable bonds is 18. The summed E-state index contributed by atoms with van der Waals surface area (Å²) in [4.78, 5) is 81.2. The molecular weight excluding hydrogens is 1120 g/mol. The van der Waals surface area contributed by atoms with E-state index in [4.69, 9.17) is 26.8 Å². The summed E-state index contributed by atoms with van der Waals surface area (Å²) in [6.45, 7) is 13.0. The second-order valence-corrected chi connectivity index (χ2v) is 23.9. The van der Waals surface area contributed by atoms with E-state index >= 15 is 0 Å². The van der Waals surface area contributed by atoms with Crippen molar-refractivity contribution in [3.05, 3.63) is 144 Å². The number of amides is 3. The van der Waals surface area contributed by atoms with Gasteiger partial charge in [0.15, 0.2) is 11.3 Å². The van der Waals surface area contributed by atoms with Gasteiger partial charge in [0, 0.05) is 91.6 Å². The van der Waals surface area contributed by atoms with E-state index < -0.39 is 5.97 Å². The van der Waals surface area contributed by atoms with Crippen LogP contribution in [-0.4, -0.2) is 158 Å². The molecule has 2 aromatic carbocycles. The number of aromatic nitrogens is 10. The van der Waals surface area contributed by atoms with E-state index in [9.17, 15) is 19.2 Å². The Kier molecular flexibility index (Phi) is 20.2. The molecule has 89 heavy (non-hydrogen) atoms. The van der Waals surface area contributed by atoms with Crippen molar-refractivity contribution in [1.29, 1.82) is 0 Å². The zero-order chi connectivity index (χ0) is 62.7. The first-order valence-corrected chi connectivity index (χ1v) is 30.7. The fourth-order valence-corrected chi connectivity index (χ4v) is 11.1. The molecule has 3 amide bonds. The van der Waals surface area contributed by atoms with Crippen LogP contribution in [0.25, 0.3) is 44.6 Å². The summed E-state index contributed by atoms with van der Waals surface area (Å²) in [5, 5.41) is 28.7. The minimum absolute atomic E-state index is 0.0183. The largest absolute Gasteiger partial charge is 0.478 e. The number of likely N-dealkylation sites (N-methyl/N-ethyl adjacent to an activating group) is 2. The number of nitrogens with one attached hydrogen (secondary N) is 3. The predicted octanol–water partition coefficient (Wildman–Crippen LogP) is 9.15. The Balaban J connectivity index is 0.000000171. The van der Waals surface area contributed by atoms with E-state index in [1.165, 1.54) is 44.4 Å². The quantitative estimate of drug-likeness (QED) is 0.0436. The molecule has 8 heterocycles. The monoisotopic (exact) mass is 1200 g/mol. The highest BCUT2D eigenvalue weighted by molar-refractivity contribution is 6.06. The van der Waals surface area contributed by atoms with E-state index in [1.54, 1.807) is 48.8 Å². The van der Waals surface area contributed by atoms with Crippen LogP contribution in [0.4, 0.5) is 23.3 Å². The van der Waals surface area contributed by atoms with Gasteiger partial charge in [-0.3, -0.25) is 24.2 Å². The van der Waals surface area contributed by atoms with Crippen LogP contribution in [0.1, 0.15) is 135 Å². The van der Waals surface area contributed by atoms with Crippen molar-refractivity contribution in [1.82, 2.24) is 69.5 Å². The maximum atomic E-state index is 13.0. The molecule has 23 heteroatoms. The maximum absolute atomic E-state index is 13.0. The molecular formula is C66H80N18O5. The molecule has 0 bridgehead atoms. The third kappa shape index (κ3) is 15.9. The van der Waals surface area contributed by atoms with Crippen LogP contribution in [0, 0.1) is 0 Å². The highest BCUT2D eigenvalue weighted by Crippen LogP contribution is 2.36. The SMILES string of the molecule is CC(C)c1ccnc(NC(=O)c2ccc(-c3nn([C@@H]4CCCN(C(=O)/C=C/CN(C)C5CC5)C4)c4ncnc(N)c34)cc2)c1.CC(C)c1ccnc(NC(=O)c2ccc(-c3nn([C@@H]4CCCNC4)c4ncnc(N)c34)cc2)c1.CN(C/C=C/C(=O)O)C1CC1. The highest BCUT2D eigenvalue weighted by Gasteiger charge is 2.30. The number of hydrogen-bond donors (Lipinski definition) is 6. The summed E-state index contributed by atoms with van der Waals surface area (Å²) in [5.74, 6) is 1.16. The third-order valence-corrected chi connectivity index (χ3v) is 16.6. The molecule has 8 aromatic rings. The molecule has 23 nitrogen and oxygen atoms in total. The topological polar surface area (TPSA) is 299 Å². The number of carbonyl (C=O) groups is 4. The minimum Gasteiger partial charge on any atom is -0.478 e. The number of pyridine rings is 2. The van der Waals surface area contributed by atoms with Crippen LogP contribution >= 0.6 is 0 Å². The zero-order valence-corrected chi connectivity index (χ0v) is 51.5. The van der Waals surface area contributed by atoms with Gasteiger partial charge in [0.25, 0.3) is 11.8 Å². The van der Waals surface area contributed by atoms with E-state index in [2.05, 4.69) is 90.4 Å². The average Bonchev–Trinajstić information content (AvgIpc) is 1.83. The number of carbonyl (C=O) groups excluding carboxylic acids is 3. The van der Waals surface area contributed by atoms with Crippen LogP contribution in [0.3, 0.4) is 0 Å². The smallest absolute Gasteiger partial charge is 0.328 e. The molecule has 0 spiro atoms. The summed E-state index contributed by atoms with van der Waals surface area (Å²) in [7, 11) is 4.12. The Morgan fingerprint density at radius 2 is 1.10 bits per heavy atom. The molecule has 464 valence electrons. The Morgan fingerprint density at radius 3 is 1.55 bits per heavy atom. The lowest BCUT2D eigenvalue weighted by Gasteiger charge is -2.32. The molecule has 8 N–H and O–H groups in total. The lowest BCUT2D eigenvalue weighted by molar-refractivity contribution is -0.131. The Bertz CT molecular complexity index is 3850. The summed E-state index contributed by atoms with van der Waals surface area (Å²) >= 11 is 0. The number of aliphatic carboxylic acids is 1. The van der Waals surface area contributed by atoms with Crippen LogP contribution in [0.2, 0.25) is 0 Å². The summed E-state index contributed by atoms with van der Waals surface area (Å²) in [5.41, 5.74) is 20.2. The number of hydrogen-bond acceptors (Lipinski definition) is 17. The van der Waals surface area contributed by atoms with Crippen molar-refractivity contribution in [2.24, 2.45) is 0 Å². The van der Waals surface area contributed by atoms with Gasteiger partial charge in [-0.15, -0.1) is 0 Å². The Hall–Kier alpha value is -9.32. The molecule has 0 radical (unpaired) electrons. The van der Waals surface area contributed by atoms with Gasteiger partial charge < -0.3 is 37.4 Å². The first kappa shape index (κ1) is 62.7. The van der Waals surface area contributed by atoms with Crippen molar-refractivity contribution < 1.29 is 24.3 Å². The number of fused-ring (bicyclic) bond motifs is 2. The number of likely N-dealkylation sites (tertiary alicyclic amines) is 1. The molecule has 6 aromatic heterocycles. The van der Waals surface area contributed by atoms with E-state index in [0.717, 1.165) is 90.8 Å². The highest BCUT2D eigenvalue weighted by atomic mass is 16.4. The minimum atomic E-state index is -0.866. The number of nitrogens with zero attached hydrogens (tertiary/aromatic N) is 13. The van der Waals surface area contributed by atoms with Crippen LogP contribution in [0.15, 0.2) is 122 Å². The number of carboxylic acid groups (broad SMARTS) is 1. The lowest BCUT2D eigenvalue weighted by atomic mass is 10.0. The second-order valence-electron chi connectivity index (χ2n) is 23.9. The van der Waals surface area contributed by atoms with Gasteiger partial charge in [-0.1, -0.05) is 64.1 Å². The van der Waals surface area contributed by atoms with Crippen LogP contribution in [-0.2, 0) is 9.59 Å². The normalized spacial score (nSPS) is 16.9. The average molecular weight is 1210 g/mol. The number of piperidine rings is 2. The lowest BCUT2D eigenvalue weighted by Crippen LogP contribution is -2.40. The van der Waals surface area contributed by atoms with Crippen molar-refractivity contribution in [2.75, 3.05) is 75.5 Å². The predicted molar refractivity (Wildman–Crippen MR) is 346 cm³/mol. The maximum Gasteiger partial charge on any atom is 0.328 e. The number of nitrogens with two attached hydrogens (primary N) is 2. The number of benzene rings is 2. The fraction of sp³-hybridized carbons (Fsp3) is 0.394. The molecule has 2 saturated carbocycles. The molecule has 4 fully saturated rings. The molecule has 4 aliphatic rings. The van der Waals surface area contributed by atoms with E-state index in [1.807, 2.05) is 75.9 Å². The second kappa shape index (κ2) is 28.7. The van der Waals surface area contributed by atoms with Gasteiger partial charge in [0.2, 0.25) is 5.91 Å². The third-order valence-electron chi connectivity index (χ3n) is 16.6. The van der Waals surface area contributed by atoms with Gasteiger partial charge in [-0.2, -0.15) is 10.2 Å². The molecule has 12 rings (SSSR count). The summed E-state index contributed by atoms with van der Waals surface area (Å²) in [6, 6.07) is 23.8. The van der Waals surface area contributed by atoms with Crippen molar-refractivity contribution in [2.45, 2.75) is 115 Å². The summed E-state index contributed by atoms with van der Waals surface area (Å²) in [6.07, 6.45) is 21.7. The van der Waals surface area contributed by atoms with Gasteiger partial charge in [-0.25, -0.2) is 44.1 Å².